The van der Waals surface area contributed by atoms with Gasteiger partial charge in [-0.05, 0) is 37.1 Å². The van der Waals surface area contributed by atoms with Crippen molar-refractivity contribution in [3.8, 4) is 16.8 Å². The standard InChI is InChI=1S/C22H24N2O3S/c1-4-23-20(25)15-19-16(2)24(18-13-9-6-10-14-18)22(28(3,26)27)21(19)17-11-7-5-8-12-17/h5-14H,4,15H2,1-3H3,(H,23,25). The Kier molecular flexibility index (Phi) is 5.70. The number of sulfone groups is 1. The van der Waals surface area contributed by atoms with Crippen LogP contribution in [0.4, 0.5) is 0 Å². The maximum atomic E-state index is 12.9. The number of nitrogens with zero attached hydrogens (tertiary/aromatic N) is 1. The van der Waals surface area contributed by atoms with Gasteiger partial charge in [-0.2, -0.15) is 0 Å². The third kappa shape index (κ3) is 3.87. The molecule has 2 aromatic carbocycles. The van der Waals surface area contributed by atoms with Crippen LogP contribution >= 0.6 is 0 Å². The van der Waals surface area contributed by atoms with Crippen LogP contribution in [0.1, 0.15) is 18.2 Å². The minimum Gasteiger partial charge on any atom is -0.356 e. The zero-order chi connectivity index (χ0) is 20.3. The van der Waals surface area contributed by atoms with Gasteiger partial charge in [-0.15, -0.1) is 0 Å². The van der Waals surface area contributed by atoms with E-state index in [1.54, 1.807) is 4.57 Å². The van der Waals surface area contributed by atoms with E-state index < -0.39 is 9.84 Å². The Labute approximate surface area is 165 Å². The molecule has 0 atom stereocenters. The zero-order valence-corrected chi connectivity index (χ0v) is 17.1. The summed E-state index contributed by atoms with van der Waals surface area (Å²) in [5, 5.41) is 3.02. The van der Waals surface area contributed by atoms with Crippen LogP contribution in [-0.4, -0.2) is 31.7 Å². The lowest BCUT2D eigenvalue weighted by Crippen LogP contribution is -2.24. The average molecular weight is 397 g/mol. The molecule has 0 aliphatic carbocycles. The lowest BCUT2D eigenvalue weighted by atomic mass is 10.0. The second-order valence-corrected chi connectivity index (χ2v) is 8.61. The fraction of sp³-hybridized carbons (Fsp3) is 0.227. The van der Waals surface area contributed by atoms with Crippen molar-refractivity contribution in [3.63, 3.8) is 0 Å². The first-order chi connectivity index (χ1) is 13.3. The largest absolute Gasteiger partial charge is 0.356 e. The summed E-state index contributed by atoms with van der Waals surface area (Å²) >= 11 is 0. The number of likely N-dealkylation sites (N-methyl/N-ethyl adjacent to an activating group) is 1. The van der Waals surface area contributed by atoms with E-state index in [2.05, 4.69) is 5.32 Å². The molecule has 1 heterocycles. The number of aromatic nitrogens is 1. The van der Waals surface area contributed by atoms with E-state index in [9.17, 15) is 13.2 Å². The molecule has 1 aromatic heterocycles. The monoisotopic (exact) mass is 396 g/mol. The van der Waals surface area contributed by atoms with Crippen LogP contribution in [-0.2, 0) is 21.1 Å². The van der Waals surface area contributed by atoms with E-state index in [0.717, 1.165) is 22.5 Å². The summed E-state index contributed by atoms with van der Waals surface area (Å²) in [6, 6.07) is 18.7. The first kappa shape index (κ1) is 19.9. The van der Waals surface area contributed by atoms with Gasteiger partial charge >= 0.3 is 0 Å². The second kappa shape index (κ2) is 8.02. The predicted molar refractivity (Wildman–Crippen MR) is 111 cm³/mol. The number of para-hydroxylation sites is 1. The Hall–Kier alpha value is -2.86. The van der Waals surface area contributed by atoms with Gasteiger partial charge in [0.2, 0.25) is 5.91 Å². The summed E-state index contributed by atoms with van der Waals surface area (Å²) in [5.41, 5.74) is 3.59. The molecule has 0 aliphatic heterocycles. The van der Waals surface area contributed by atoms with Crippen molar-refractivity contribution < 1.29 is 13.2 Å². The van der Waals surface area contributed by atoms with Crippen LogP contribution < -0.4 is 5.32 Å². The molecule has 0 saturated heterocycles. The lowest BCUT2D eigenvalue weighted by molar-refractivity contribution is -0.120. The van der Waals surface area contributed by atoms with Gasteiger partial charge in [0.15, 0.2) is 9.84 Å². The molecule has 0 radical (unpaired) electrons. The first-order valence-electron chi connectivity index (χ1n) is 9.16. The molecule has 0 spiro atoms. The molecule has 0 aliphatic rings. The highest BCUT2D eigenvalue weighted by Gasteiger charge is 2.29. The number of benzene rings is 2. The summed E-state index contributed by atoms with van der Waals surface area (Å²) in [7, 11) is -3.58. The van der Waals surface area contributed by atoms with Gasteiger partial charge in [0, 0.05) is 29.7 Å². The van der Waals surface area contributed by atoms with Crippen LogP contribution in [0, 0.1) is 6.92 Å². The van der Waals surface area contributed by atoms with Gasteiger partial charge in [0.05, 0.1) is 6.42 Å². The number of nitrogens with one attached hydrogen (secondary N) is 1. The SMILES string of the molecule is CCNC(=O)Cc1c(-c2ccccc2)c(S(C)(=O)=O)n(-c2ccccc2)c1C. The van der Waals surface area contributed by atoms with Gasteiger partial charge in [-0.25, -0.2) is 8.42 Å². The van der Waals surface area contributed by atoms with Gasteiger partial charge in [0.1, 0.15) is 5.03 Å². The molecule has 3 rings (SSSR count). The highest BCUT2D eigenvalue weighted by molar-refractivity contribution is 7.90. The molecule has 0 fully saturated rings. The van der Waals surface area contributed by atoms with Crippen molar-refractivity contribution in [1.82, 2.24) is 9.88 Å². The van der Waals surface area contributed by atoms with Crippen LogP contribution in [0.3, 0.4) is 0 Å². The van der Waals surface area contributed by atoms with E-state index in [4.69, 9.17) is 0 Å². The van der Waals surface area contributed by atoms with Gasteiger partial charge in [-0.3, -0.25) is 4.79 Å². The zero-order valence-electron chi connectivity index (χ0n) is 16.3. The molecule has 5 nitrogen and oxygen atoms in total. The van der Waals surface area contributed by atoms with Crippen LogP contribution in [0.5, 0.6) is 0 Å². The van der Waals surface area contributed by atoms with Crippen LogP contribution in [0.2, 0.25) is 0 Å². The fourth-order valence-electron chi connectivity index (χ4n) is 3.49. The van der Waals surface area contributed by atoms with Gasteiger partial charge in [0.25, 0.3) is 0 Å². The quantitative estimate of drug-likeness (QED) is 0.693. The average Bonchev–Trinajstić information content (AvgIpc) is 2.96. The second-order valence-electron chi connectivity index (χ2n) is 6.68. The van der Waals surface area contributed by atoms with E-state index in [1.165, 1.54) is 6.26 Å². The van der Waals surface area contributed by atoms with Gasteiger partial charge in [-0.1, -0.05) is 48.5 Å². The Balaban J connectivity index is 2.39. The van der Waals surface area contributed by atoms with Crippen molar-refractivity contribution in [1.29, 1.82) is 0 Å². The third-order valence-corrected chi connectivity index (χ3v) is 5.72. The molecule has 28 heavy (non-hydrogen) atoms. The molecular weight excluding hydrogens is 372 g/mol. The van der Waals surface area contributed by atoms with Crippen molar-refractivity contribution in [2.45, 2.75) is 25.3 Å². The van der Waals surface area contributed by atoms with Crippen molar-refractivity contribution in [2.24, 2.45) is 0 Å². The maximum absolute atomic E-state index is 12.9. The highest BCUT2D eigenvalue weighted by atomic mass is 32.2. The topological polar surface area (TPSA) is 68.2 Å². The Morgan fingerprint density at radius 3 is 2.11 bits per heavy atom. The van der Waals surface area contributed by atoms with Crippen LogP contribution in [0.15, 0.2) is 65.7 Å². The van der Waals surface area contributed by atoms with E-state index >= 15 is 0 Å². The Bertz CT molecular complexity index is 1090. The van der Waals surface area contributed by atoms with E-state index in [1.807, 2.05) is 74.5 Å². The molecular formula is C22H24N2O3S. The molecule has 0 unspecified atom stereocenters. The Morgan fingerprint density at radius 1 is 1.00 bits per heavy atom. The molecule has 0 bridgehead atoms. The summed E-state index contributed by atoms with van der Waals surface area (Å²) < 4.78 is 27.5. The normalized spacial score (nSPS) is 11.4. The fourth-order valence-corrected chi connectivity index (χ4v) is 4.67. The molecule has 1 amide bonds. The highest BCUT2D eigenvalue weighted by Crippen LogP contribution is 2.38. The van der Waals surface area contributed by atoms with Crippen LogP contribution in [0.25, 0.3) is 16.8 Å². The number of hydrogen-bond donors (Lipinski definition) is 1. The summed E-state index contributed by atoms with van der Waals surface area (Å²) in [4.78, 5) is 12.4. The third-order valence-electron chi connectivity index (χ3n) is 4.63. The van der Waals surface area contributed by atoms with Crippen molar-refractivity contribution >= 4 is 15.7 Å². The van der Waals surface area contributed by atoms with E-state index in [-0.39, 0.29) is 17.4 Å². The summed E-state index contributed by atoms with van der Waals surface area (Å²) in [5.74, 6) is -0.131. The molecule has 1 N–H and O–H groups in total. The minimum atomic E-state index is -3.58. The number of rotatable bonds is 6. The number of hydrogen-bond acceptors (Lipinski definition) is 3. The summed E-state index contributed by atoms with van der Waals surface area (Å²) in [6.45, 7) is 4.25. The first-order valence-corrected chi connectivity index (χ1v) is 11.1. The minimum absolute atomic E-state index is 0.117. The lowest BCUT2D eigenvalue weighted by Gasteiger charge is -2.11. The van der Waals surface area contributed by atoms with Crippen molar-refractivity contribution in [3.05, 3.63) is 71.9 Å². The van der Waals surface area contributed by atoms with E-state index in [0.29, 0.717) is 12.1 Å². The number of carbonyl (C=O) groups is 1. The molecule has 0 saturated carbocycles. The molecule has 3 aromatic rings. The maximum Gasteiger partial charge on any atom is 0.224 e. The molecule has 6 heteroatoms. The number of amides is 1. The Morgan fingerprint density at radius 2 is 1.57 bits per heavy atom. The number of carbonyl (C=O) groups excluding carboxylic acids is 1. The molecule has 146 valence electrons. The smallest absolute Gasteiger partial charge is 0.224 e. The summed E-state index contributed by atoms with van der Waals surface area (Å²) in [6.07, 6.45) is 1.33. The predicted octanol–water partition coefficient (Wildman–Crippen LogP) is 3.53. The van der Waals surface area contributed by atoms with Crippen molar-refractivity contribution in [2.75, 3.05) is 12.8 Å². The van der Waals surface area contributed by atoms with Gasteiger partial charge < -0.3 is 9.88 Å².